The molecule has 1 rings (SSSR count). The molecular weight excluding hydrogens is 238 g/mol. The summed E-state index contributed by atoms with van der Waals surface area (Å²) < 4.78 is 0. The molecule has 0 unspecified atom stereocenters. The van der Waals surface area contributed by atoms with Gasteiger partial charge in [0.2, 0.25) is 0 Å². The number of aldehydes is 1. The third-order valence-electron chi connectivity index (χ3n) is 2.23. The van der Waals surface area contributed by atoms with Gasteiger partial charge >= 0.3 is 5.97 Å². The smallest absolute Gasteiger partial charge is 0.336 e. The minimum Gasteiger partial charge on any atom is -0.478 e. The number of carbonyl (C=O) groups excluding carboxylic acids is 1. The second-order valence-electron chi connectivity index (χ2n) is 3.40. The molecule has 0 atom stereocenters. The molecule has 0 aromatic heterocycles. The maximum Gasteiger partial charge on any atom is 0.336 e. The molecule has 0 saturated carbocycles. The van der Waals surface area contributed by atoms with E-state index in [0.29, 0.717) is 6.29 Å². The molecule has 0 radical (unpaired) electrons. The normalized spacial score (nSPS) is 9.17. The van der Waals surface area contributed by atoms with Crippen molar-refractivity contribution in [2.45, 2.75) is 13.3 Å². The van der Waals surface area contributed by atoms with E-state index >= 15 is 0 Å². The van der Waals surface area contributed by atoms with Gasteiger partial charge in [0.15, 0.2) is 0 Å². The Morgan fingerprint density at radius 1 is 1.56 bits per heavy atom. The average molecular weight is 247 g/mol. The van der Waals surface area contributed by atoms with Crippen molar-refractivity contribution in [3.8, 4) is 11.8 Å². The van der Waals surface area contributed by atoms with Gasteiger partial charge in [-0.05, 0) is 13.0 Å². The molecule has 0 aliphatic heterocycles. The number of hydrogen-bond donors (Lipinski definition) is 1. The fourth-order valence-corrected chi connectivity index (χ4v) is 1.38. The first-order valence-corrected chi connectivity index (χ1v) is 4.92. The van der Waals surface area contributed by atoms with Crippen molar-refractivity contribution in [3.05, 3.63) is 38.9 Å². The lowest BCUT2D eigenvalue weighted by Crippen LogP contribution is -2.04. The van der Waals surface area contributed by atoms with Crippen LogP contribution in [0, 0.1) is 28.9 Å². The highest BCUT2D eigenvalue weighted by atomic mass is 16.6. The number of nitro groups is 1. The van der Waals surface area contributed by atoms with E-state index in [2.05, 4.69) is 11.8 Å². The van der Waals surface area contributed by atoms with E-state index in [1.165, 1.54) is 19.1 Å². The Hall–Kier alpha value is -2.68. The summed E-state index contributed by atoms with van der Waals surface area (Å²) in [5.74, 6) is 3.73. The molecule has 6 nitrogen and oxygen atoms in total. The molecule has 6 heteroatoms. The second-order valence-corrected chi connectivity index (χ2v) is 3.40. The lowest BCUT2D eigenvalue weighted by Gasteiger charge is -2.03. The fourth-order valence-electron chi connectivity index (χ4n) is 1.38. The average Bonchev–Trinajstić information content (AvgIpc) is 2.30. The number of rotatable bonds is 3. The maximum absolute atomic E-state index is 11.0. The lowest BCUT2D eigenvalue weighted by atomic mass is 10.0. The van der Waals surface area contributed by atoms with Gasteiger partial charge in [-0.25, -0.2) is 4.79 Å². The van der Waals surface area contributed by atoms with E-state index in [-0.39, 0.29) is 28.8 Å². The van der Waals surface area contributed by atoms with Crippen molar-refractivity contribution < 1.29 is 19.6 Å². The van der Waals surface area contributed by atoms with E-state index < -0.39 is 10.9 Å². The molecule has 92 valence electrons. The third kappa shape index (κ3) is 2.92. The van der Waals surface area contributed by atoms with Crippen molar-refractivity contribution in [1.82, 2.24) is 0 Å². The van der Waals surface area contributed by atoms with Crippen LogP contribution >= 0.6 is 0 Å². The molecule has 0 aliphatic rings. The van der Waals surface area contributed by atoms with Gasteiger partial charge in [0.05, 0.1) is 16.9 Å². The molecular formula is C12H9NO5. The first kappa shape index (κ1) is 13.4. The van der Waals surface area contributed by atoms with Crippen LogP contribution in [0.2, 0.25) is 0 Å². The van der Waals surface area contributed by atoms with Gasteiger partial charge < -0.3 is 9.90 Å². The van der Waals surface area contributed by atoms with E-state index in [4.69, 9.17) is 5.11 Å². The Morgan fingerprint density at radius 3 is 2.72 bits per heavy atom. The summed E-state index contributed by atoms with van der Waals surface area (Å²) in [5, 5.41) is 19.7. The number of aromatic carboxylic acids is 1. The molecule has 0 fully saturated rings. The number of carboxylic acid groups (broad SMARTS) is 1. The summed E-state index contributed by atoms with van der Waals surface area (Å²) in [5.41, 5.74) is -0.190. The quantitative estimate of drug-likeness (QED) is 0.378. The molecule has 0 bridgehead atoms. The number of carbonyl (C=O) groups is 2. The SMILES string of the molecule is Cc1c(C(=O)O)cc(C#CCC=O)cc1[N+](=O)[O-]. The van der Waals surface area contributed by atoms with E-state index in [1.54, 1.807) is 0 Å². The van der Waals surface area contributed by atoms with E-state index in [1.807, 2.05) is 0 Å². The minimum absolute atomic E-state index is 0.00984. The number of benzene rings is 1. The number of nitro benzene ring substituents is 1. The molecule has 0 spiro atoms. The number of nitrogens with zero attached hydrogens (tertiary/aromatic N) is 1. The Labute approximate surface area is 102 Å². The van der Waals surface area contributed by atoms with Crippen LogP contribution in [-0.4, -0.2) is 22.3 Å². The molecule has 0 aliphatic carbocycles. The summed E-state index contributed by atoms with van der Waals surface area (Å²) in [7, 11) is 0. The zero-order valence-electron chi connectivity index (χ0n) is 9.47. The van der Waals surface area contributed by atoms with Crippen LogP contribution in [0.4, 0.5) is 5.69 Å². The van der Waals surface area contributed by atoms with Gasteiger partial charge in [-0.15, -0.1) is 0 Å². The topological polar surface area (TPSA) is 97.5 Å². The Balaban J connectivity index is 3.39. The van der Waals surface area contributed by atoms with Crippen LogP contribution in [-0.2, 0) is 4.79 Å². The molecule has 1 aromatic rings. The second kappa shape index (κ2) is 5.59. The van der Waals surface area contributed by atoms with Crippen LogP contribution in [0.15, 0.2) is 12.1 Å². The van der Waals surface area contributed by atoms with Gasteiger partial charge in [-0.2, -0.15) is 0 Å². The van der Waals surface area contributed by atoms with E-state index in [0.717, 1.165) is 0 Å². The highest BCUT2D eigenvalue weighted by molar-refractivity contribution is 5.91. The first-order chi connectivity index (χ1) is 8.47. The highest BCUT2D eigenvalue weighted by Gasteiger charge is 2.19. The van der Waals surface area contributed by atoms with Gasteiger partial charge in [0, 0.05) is 17.2 Å². The highest BCUT2D eigenvalue weighted by Crippen LogP contribution is 2.23. The Bertz CT molecular complexity index is 545. The molecule has 1 N–H and O–H groups in total. The van der Waals surface area contributed by atoms with Crippen LogP contribution in [0.5, 0.6) is 0 Å². The van der Waals surface area contributed by atoms with Crippen LogP contribution < -0.4 is 0 Å². The summed E-state index contributed by atoms with van der Waals surface area (Å²) in [4.78, 5) is 31.2. The monoisotopic (exact) mass is 247 g/mol. The van der Waals surface area contributed by atoms with Crippen LogP contribution in [0.25, 0.3) is 0 Å². The molecule has 0 heterocycles. The number of hydrogen-bond acceptors (Lipinski definition) is 4. The first-order valence-electron chi connectivity index (χ1n) is 4.92. The zero-order chi connectivity index (χ0) is 13.7. The molecule has 18 heavy (non-hydrogen) atoms. The van der Waals surface area contributed by atoms with Crippen LogP contribution in [0.3, 0.4) is 0 Å². The summed E-state index contributed by atoms with van der Waals surface area (Å²) in [6.07, 6.45) is 0.581. The third-order valence-corrected chi connectivity index (χ3v) is 2.23. The summed E-state index contributed by atoms with van der Waals surface area (Å²) >= 11 is 0. The van der Waals surface area contributed by atoms with Gasteiger partial charge in [-0.1, -0.05) is 11.8 Å². The maximum atomic E-state index is 11.0. The van der Waals surface area contributed by atoms with Gasteiger partial charge in [0.25, 0.3) is 5.69 Å². The fraction of sp³-hybridized carbons (Fsp3) is 0.167. The Morgan fingerprint density at radius 2 is 2.22 bits per heavy atom. The minimum atomic E-state index is -1.25. The van der Waals surface area contributed by atoms with Crippen molar-refractivity contribution in [3.63, 3.8) is 0 Å². The lowest BCUT2D eigenvalue weighted by molar-refractivity contribution is -0.385. The molecule has 1 aromatic carbocycles. The van der Waals surface area contributed by atoms with E-state index in [9.17, 15) is 19.7 Å². The van der Waals surface area contributed by atoms with Gasteiger partial charge in [0.1, 0.15) is 6.29 Å². The largest absolute Gasteiger partial charge is 0.478 e. The standard InChI is InChI=1S/C12H9NO5/c1-8-10(12(15)16)6-9(4-2-3-5-14)7-11(8)13(17)18/h5-7H,3H2,1H3,(H,15,16). The van der Waals surface area contributed by atoms with Crippen LogP contribution in [0.1, 0.15) is 27.9 Å². The number of carboxylic acids is 1. The van der Waals surface area contributed by atoms with Crippen molar-refractivity contribution >= 4 is 17.9 Å². The Kier molecular flexibility index (Phi) is 4.16. The predicted molar refractivity (Wildman–Crippen MR) is 62.4 cm³/mol. The van der Waals surface area contributed by atoms with Gasteiger partial charge in [-0.3, -0.25) is 10.1 Å². The van der Waals surface area contributed by atoms with Crippen molar-refractivity contribution in [2.75, 3.05) is 0 Å². The molecule has 0 saturated heterocycles. The summed E-state index contributed by atoms with van der Waals surface area (Å²) in [6.45, 7) is 1.37. The van der Waals surface area contributed by atoms with Crippen molar-refractivity contribution in [2.24, 2.45) is 0 Å². The predicted octanol–water partition coefficient (Wildman–Crippen LogP) is 1.54. The zero-order valence-corrected chi connectivity index (χ0v) is 9.47. The molecule has 0 amide bonds. The summed E-state index contributed by atoms with van der Waals surface area (Å²) in [6, 6.07) is 2.45. The van der Waals surface area contributed by atoms with Crippen molar-refractivity contribution in [1.29, 1.82) is 0 Å².